The normalized spacial score (nSPS) is 17.2. The molecular weight excluding hydrogens is 260 g/mol. The monoisotopic (exact) mass is 292 g/mol. The van der Waals surface area contributed by atoms with Crippen LogP contribution >= 0.6 is 25.4 Å². The predicted molar refractivity (Wildman–Crippen MR) is 89.7 cm³/mol. The zero-order chi connectivity index (χ0) is 14.1. The second kappa shape index (κ2) is 10.4. The maximum atomic E-state index is 4.35. The summed E-state index contributed by atoms with van der Waals surface area (Å²) in [5.74, 6) is 2.44. The standard InChI is InChI=1S/C14H32N2S2/c1-12(8-9-16(5)18)6-7-14(3)15(4)10-13(2)11-17/h12-14,17-18H,6-11H2,1-5H3/t12?,13-,14?/m1/s1. The van der Waals surface area contributed by atoms with Gasteiger partial charge in [0.15, 0.2) is 0 Å². The summed E-state index contributed by atoms with van der Waals surface area (Å²) in [5.41, 5.74) is 0. The lowest BCUT2D eigenvalue weighted by atomic mass is 9.98. The molecule has 110 valence electrons. The molecule has 0 aromatic rings. The van der Waals surface area contributed by atoms with E-state index in [2.05, 4.69) is 58.2 Å². The second-order valence-electron chi connectivity index (χ2n) is 5.93. The number of hydrogen-bond donors (Lipinski definition) is 2. The van der Waals surface area contributed by atoms with E-state index in [-0.39, 0.29) is 0 Å². The molecule has 0 saturated carbocycles. The summed E-state index contributed by atoms with van der Waals surface area (Å²) in [5, 5.41) is 0. The van der Waals surface area contributed by atoms with Crippen molar-refractivity contribution >= 4 is 25.4 Å². The van der Waals surface area contributed by atoms with Crippen LogP contribution in [0.1, 0.15) is 40.0 Å². The molecule has 0 aliphatic carbocycles. The first-order chi connectivity index (χ1) is 8.36. The van der Waals surface area contributed by atoms with Gasteiger partial charge in [-0.1, -0.05) is 26.7 Å². The largest absolute Gasteiger partial charge is 0.303 e. The van der Waals surface area contributed by atoms with Crippen molar-refractivity contribution in [1.82, 2.24) is 9.21 Å². The van der Waals surface area contributed by atoms with Crippen molar-refractivity contribution in [2.75, 3.05) is 32.9 Å². The minimum atomic E-state index is 0.670. The first kappa shape index (κ1) is 18.6. The van der Waals surface area contributed by atoms with Crippen molar-refractivity contribution in [2.45, 2.75) is 46.1 Å². The molecule has 2 unspecified atom stereocenters. The summed E-state index contributed by atoms with van der Waals surface area (Å²) < 4.78 is 1.97. The van der Waals surface area contributed by atoms with Gasteiger partial charge in [-0.25, -0.2) is 0 Å². The maximum absolute atomic E-state index is 4.35. The highest BCUT2D eigenvalue weighted by Gasteiger charge is 2.13. The average molecular weight is 293 g/mol. The van der Waals surface area contributed by atoms with Crippen LogP contribution in [0, 0.1) is 11.8 Å². The van der Waals surface area contributed by atoms with E-state index in [1.54, 1.807) is 0 Å². The molecule has 0 bridgehead atoms. The van der Waals surface area contributed by atoms with Crippen molar-refractivity contribution in [2.24, 2.45) is 11.8 Å². The quantitative estimate of drug-likeness (QED) is 0.595. The third-order valence-electron chi connectivity index (χ3n) is 3.69. The van der Waals surface area contributed by atoms with Crippen molar-refractivity contribution in [1.29, 1.82) is 0 Å². The molecule has 0 aromatic heterocycles. The Kier molecular flexibility index (Phi) is 10.8. The minimum absolute atomic E-state index is 0.670. The Bertz CT molecular complexity index is 200. The maximum Gasteiger partial charge on any atom is 0.00864 e. The van der Waals surface area contributed by atoms with Crippen molar-refractivity contribution in [3.05, 3.63) is 0 Å². The number of thiol groups is 2. The molecule has 3 atom stereocenters. The van der Waals surface area contributed by atoms with Crippen LogP contribution in [0.4, 0.5) is 0 Å². The highest BCUT2D eigenvalue weighted by atomic mass is 32.1. The molecule has 0 rings (SSSR count). The van der Waals surface area contributed by atoms with Crippen LogP contribution in [0.3, 0.4) is 0 Å². The van der Waals surface area contributed by atoms with Gasteiger partial charge in [0.2, 0.25) is 0 Å². The molecule has 18 heavy (non-hydrogen) atoms. The lowest BCUT2D eigenvalue weighted by molar-refractivity contribution is 0.211. The Balaban J connectivity index is 3.76. The van der Waals surface area contributed by atoms with Crippen molar-refractivity contribution in [3.8, 4) is 0 Å². The highest BCUT2D eigenvalue weighted by Crippen LogP contribution is 2.16. The van der Waals surface area contributed by atoms with Gasteiger partial charge < -0.3 is 4.90 Å². The smallest absolute Gasteiger partial charge is 0.00864 e. The lowest BCUT2D eigenvalue weighted by Crippen LogP contribution is -2.33. The van der Waals surface area contributed by atoms with Gasteiger partial charge in [-0.05, 0) is 57.9 Å². The van der Waals surface area contributed by atoms with Crippen molar-refractivity contribution < 1.29 is 0 Å². The molecule has 0 spiro atoms. The van der Waals surface area contributed by atoms with E-state index in [9.17, 15) is 0 Å². The van der Waals surface area contributed by atoms with Gasteiger partial charge in [0, 0.05) is 19.1 Å². The fraction of sp³-hybridized carbons (Fsp3) is 1.00. The first-order valence-electron chi connectivity index (χ1n) is 7.07. The Morgan fingerprint density at radius 1 is 0.944 bits per heavy atom. The Labute approximate surface area is 125 Å². The van der Waals surface area contributed by atoms with E-state index in [4.69, 9.17) is 0 Å². The fourth-order valence-corrected chi connectivity index (χ4v) is 2.26. The van der Waals surface area contributed by atoms with Crippen LogP contribution in [-0.2, 0) is 0 Å². The van der Waals surface area contributed by atoms with Crippen molar-refractivity contribution in [3.63, 3.8) is 0 Å². The molecule has 2 nitrogen and oxygen atoms in total. The van der Waals surface area contributed by atoms with Crippen LogP contribution in [-0.4, -0.2) is 48.2 Å². The van der Waals surface area contributed by atoms with Crippen LogP contribution in [0.15, 0.2) is 0 Å². The summed E-state index contributed by atoms with van der Waals surface area (Å²) in [6.07, 6.45) is 3.83. The predicted octanol–water partition coefficient (Wildman–Crippen LogP) is 3.46. The number of nitrogens with zero attached hydrogens (tertiary/aromatic N) is 2. The van der Waals surface area contributed by atoms with Gasteiger partial charge in [0.05, 0.1) is 0 Å². The van der Waals surface area contributed by atoms with Crippen LogP contribution in [0.2, 0.25) is 0 Å². The minimum Gasteiger partial charge on any atom is -0.303 e. The molecule has 0 aromatic carbocycles. The molecule has 0 radical (unpaired) electrons. The van der Waals surface area contributed by atoms with Crippen LogP contribution in [0.25, 0.3) is 0 Å². The van der Waals surface area contributed by atoms with E-state index in [1.165, 1.54) is 19.3 Å². The molecule has 0 N–H and O–H groups in total. The van der Waals surface area contributed by atoms with E-state index in [1.807, 2.05) is 11.4 Å². The summed E-state index contributed by atoms with van der Waals surface area (Å²) in [4.78, 5) is 2.47. The first-order valence-corrected chi connectivity index (χ1v) is 8.11. The fourth-order valence-electron chi connectivity index (χ4n) is 2.03. The topological polar surface area (TPSA) is 6.48 Å². The molecule has 0 amide bonds. The molecule has 0 heterocycles. The van der Waals surface area contributed by atoms with E-state index in [0.717, 1.165) is 24.8 Å². The lowest BCUT2D eigenvalue weighted by Gasteiger charge is -2.28. The van der Waals surface area contributed by atoms with Gasteiger partial charge in [0.1, 0.15) is 0 Å². The number of hydrogen-bond acceptors (Lipinski definition) is 4. The van der Waals surface area contributed by atoms with E-state index >= 15 is 0 Å². The summed E-state index contributed by atoms with van der Waals surface area (Å²) in [6.45, 7) is 9.17. The van der Waals surface area contributed by atoms with Gasteiger partial charge in [-0.3, -0.25) is 4.31 Å². The van der Waals surface area contributed by atoms with Gasteiger partial charge in [-0.15, -0.1) is 0 Å². The second-order valence-corrected chi connectivity index (χ2v) is 6.98. The third-order valence-corrected chi connectivity index (χ3v) is 4.51. The van der Waals surface area contributed by atoms with Crippen LogP contribution < -0.4 is 0 Å². The Morgan fingerprint density at radius 2 is 1.56 bits per heavy atom. The number of rotatable bonds is 10. The van der Waals surface area contributed by atoms with E-state index in [0.29, 0.717) is 12.0 Å². The zero-order valence-corrected chi connectivity index (χ0v) is 14.6. The molecular formula is C14H32N2S2. The Hall–Kier alpha value is 0.620. The van der Waals surface area contributed by atoms with Gasteiger partial charge >= 0.3 is 0 Å². The molecule has 4 heteroatoms. The Morgan fingerprint density at radius 3 is 2.06 bits per heavy atom. The van der Waals surface area contributed by atoms with Gasteiger partial charge in [0.25, 0.3) is 0 Å². The van der Waals surface area contributed by atoms with Gasteiger partial charge in [-0.2, -0.15) is 12.6 Å². The average Bonchev–Trinajstić information content (AvgIpc) is 2.32. The molecule has 0 aliphatic heterocycles. The molecule has 0 fully saturated rings. The highest BCUT2D eigenvalue weighted by molar-refractivity contribution is 7.80. The summed E-state index contributed by atoms with van der Waals surface area (Å²) in [6, 6.07) is 0.670. The molecule has 0 aliphatic rings. The third kappa shape index (κ3) is 9.54. The summed E-state index contributed by atoms with van der Waals surface area (Å²) >= 11 is 8.63. The van der Waals surface area contributed by atoms with E-state index < -0.39 is 0 Å². The zero-order valence-electron chi connectivity index (χ0n) is 12.8. The van der Waals surface area contributed by atoms with Crippen LogP contribution in [0.5, 0.6) is 0 Å². The molecule has 0 saturated heterocycles. The SMILES string of the molecule is CC(CCC(C)N(C)C[C@@H](C)CS)CCN(C)S. The summed E-state index contributed by atoms with van der Waals surface area (Å²) in [7, 11) is 4.25.